The van der Waals surface area contributed by atoms with Crippen LogP contribution in [0.25, 0.3) is 11.2 Å². The van der Waals surface area contributed by atoms with E-state index in [1.54, 1.807) is 12.4 Å². The maximum atomic E-state index is 11.3. The number of hydrogen-bond acceptors (Lipinski definition) is 5. The molecule has 3 atom stereocenters. The van der Waals surface area contributed by atoms with Gasteiger partial charge in [-0.2, -0.15) is 0 Å². The zero-order valence-electron chi connectivity index (χ0n) is 21.3. The van der Waals surface area contributed by atoms with Gasteiger partial charge in [0.05, 0.1) is 30.1 Å². The predicted molar refractivity (Wildman–Crippen MR) is 154 cm³/mol. The molecule has 2 heterocycles. The van der Waals surface area contributed by atoms with E-state index >= 15 is 0 Å². The summed E-state index contributed by atoms with van der Waals surface area (Å²) in [4.78, 5) is 8.92. The fourth-order valence-corrected chi connectivity index (χ4v) is 5.99. The molecule has 196 valence electrons. The molecule has 1 saturated carbocycles. The van der Waals surface area contributed by atoms with Crippen LogP contribution >= 0.6 is 11.6 Å². The maximum absolute atomic E-state index is 11.3. The molecule has 2 aromatic heterocycles. The van der Waals surface area contributed by atoms with Crippen LogP contribution in [0.2, 0.25) is 5.02 Å². The van der Waals surface area contributed by atoms with E-state index in [1.807, 2.05) is 59.2 Å². The Bertz CT molecular complexity index is 1510. The first-order chi connectivity index (χ1) is 19.0. The normalized spacial score (nSPS) is 19.5. The zero-order chi connectivity index (χ0) is 27.0. The Morgan fingerprint density at radius 1 is 0.949 bits per heavy atom. The van der Waals surface area contributed by atoms with Gasteiger partial charge in [0.25, 0.3) is 0 Å². The van der Waals surface area contributed by atoms with Crippen molar-refractivity contribution < 1.29 is 9.84 Å². The number of anilines is 1. The number of pyridine rings is 1. The fourth-order valence-electron chi connectivity index (χ4n) is 5.75. The minimum atomic E-state index is -0.882. The SMILES string of the molecule is C=C1[C@H](COC(c2ccccc2)(c2ccccc2)c2ccccc2)[C@@H](O)C[C@@H]1n1cnc2c(Cl)cc(N)nc21. The number of aliphatic hydroxyl groups is 1. The van der Waals surface area contributed by atoms with Gasteiger partial charge >= 0.3 is 0 Å². The number of nitrogens with two attached hydrogens (primary N) is 1. The van der Waals surface area contributed by atoms with Gasteiger partial charge in [0.15, 0.2) is 5.65 Å². The molecule has 0 unspecified atom stereocenters. The van der Waals surface area contributed by atoms with Gasteiger partial charge in [0, 0.05) is 12.0 Å². The average molecular weight is 537 g/mol. The van der Waals surface area contributed by atoms with Gasteiger partial charge in [0.2, 0.25) is 0 Å². The lowest BCUT2D eigenvalue weighted by molar-refractivity contribution is -0.0222. The topological polar surface area (TPSA) is 86.2 Å². The van der Waals surface area contributed by atoms with Crippen molar-refractivity contribution in [2.24, 2.45) is 5.92 Å². The van der Waals surface area contributed by atoms with E-state index in [-0.39, 0.29) is 18.6 Å². The van der Waals surface area contributed by atoms with Crippen LogP contribution in [0.5, 0.6) is 0 Å². The molecule has 39 heavy (non-hydrogen) atoms. The minimum Gasteiger partial charge on any atom is -0.392 e. The highest BCUT2D eigenvalue weighted by molar-refractivity contribution is 6.35. The number of nitrogens with zero attached hydrogens (tertiary/aromatic N) is 3. The van der Waals surface area contributed by atoms with Crippen LogP contribution in [0, 0.1) is 5.92 Å². The quantitative estimate of drug-likeness (QED) is 0.192. The first kappa shape index (κ1) is 25.3. The minimum absolute atomic E-state index is 0.219. The van der Waals surface area contributed by atoms with Crippen molar-refractivity contribution in [1.29, 1.82) is 0 Å². The Hall–Kier alpha value is -3.97. The molecule has 1 fully saturated rings. The van der Waals surface area contributed by atoms with Crippen LogP contribution in [0.3, 0.4) is 0 Å². The van der Waals surface area contributed by atoms with Crippen molar-refractivity contribution in [3.8, 4) is 0 Å². The number of benzene rings is 3. The van der Waals surface area contributed by atoms with Gasteiger partial charge in [-0.15, -0.1) is 0 Å². The number of hydrogen-bond donors (Lipinski definition) is 2. The van der Waals surface area contributed by atoms with Gasteiger partial charge in [-0.3, -0.25) is 0 Å². The van der Waals surface area contributed by atoms with Gasteiger partial charge in [-0.25, -0.2) is 9.97 Å². The molecular weight excluding hydrogens is 508 g/mol. The summed E-state index contributed by atoms with van der Waals surface area (Å²) >= 11 is 6.36. The van der Waals surface area contributed by atoms with Crippen LogP contribution in [0.15, 0.2) is 116 Å². The molecule has 0 radical (unpaired) electrons. The number of aromatic nitrogens is 3. The third-order valence-corrected chi connectivity index (χ3v) is 7.98. The molecule has 5 aromatic rings. The van der Waals surface area contributed by atoms with E-state index in [1.165, 1.54) is 0 Å². The molecule has 0 spiro atoms. The van der Waals surface area contributed by atoms with Crippen LogP contribution < -0.4 is 5.73 Å². The third kappa shape index (κ3) is 4.40. The van der Waals surface area contributed by atoms with Crippen molar-refractivity contribution in [3.05, 3.63) is 137 Å². The van der Waals surface area contributed by atoms with Crippen molar-refractivity contribution in [2.75, 3.05) is 12.3 Å². The number of aliphatic hydroxyl groups excluding tert-OH is 1. The number of ether oxygens (including phenoxy) is 1. The lowest BCUT2D eigenvalue weighted by atomic mass is 9.80. The van der Waals surface area contributed by atoms with E-state index < -0.39 is 11.7 Å². The van der Waals surface area contributed by atoms with Crippen molar-refractivity contribution in [3.63, 3.8) is 0 Å². The Labute approximate surface area is 232 Å². The monoisotopic (exact) mass is 536 g/mol. The first-order valence-corrected chi connectivity index (χ1v) is 13.3. The summed E-state index contributed by atoms with van der Waals surface area (Å²) in [5.74, 6) is 0.0103. The molecular formula is C32H29ClN4O2. The lowest BCUT2D eigenvalue weighted by Crippen LogP contribution is -2.36. The molecule has 0 saturated heterocycles. The summed E-state index contributed by atoms with van der Waals surface area (Å²) < 4.78 is 8.91. The molecule has 7 heteroatoms. The summed E-state index contributed by atoms with van der Waals surface area (Å²) in [6.45, 7) is 4.68. The number of halogens is 1. The Balaban J connectivity index is 1.38. The van der Waals surface area contributed by atoms with Crippen molar-refractivity contribution in [2.45, 2.75) is 24.2 Å². The number of imidazole rings is 1. The third-order valence-electron chi connectivity index (χ3n) is 7.69. The molecule has 0 aliphatic heterocycles. The summed E-state index contributed by atoms with van der Waals surface area (Å²) in [5.41, 5.74) is 10.1. The second-order valence-corrected chi connectivity index (χ2v) is 10.4. The average Bonchev–Trinajstić information content (AvgIpc) is 3.51. The van der Waals surface area contributed by atoms with Gasteiger partial charge in [-0.1, -0.05) is 109 Å². The fraction of sp³-hybridized carbons (Fsp3) is 0.188. The van der Waals surface area contributed by atoms with E-state index in [0.29, 0.717) is 28.4 Å². The molecule has 1 aliphatic carbocycles. The number of fused-ring (bicyclic) bond motifs is 1. The van der Waals surface area contributed by atoms with Crippen LogP contribution in [-0.4, -0.2) is 32.4 Å². The van der Waals surface area contributed by atoms with E-state index in [4.69, 9.17) is 22.1 Å². The van der Waals surface area contributed by atoms with Crippen LogP contribution in [-0.2, 0) is 10.3 Å². The molecule has 1 aliphatic rings. The molecule has 3 aromatic carbocycles. The number of nitrogen functional groups attached to an aromatic ring is 1. The molecule has 0 bridgehead atoms. The molecule has 6 rings (SSSR count). The summed E-state index contributed by atoms with van der Waals surface area (Å²) in [6, 6.07) is 32.0. The largest absolute Gasteiger partial charge is 0.392 e. The zero-order valence-corrected chi connectivity index (χ0v) is 22.1. The summed E-state index contributed by atoms with van der Waals surface area (Å²) in [6.07, 6.45) is 1.50. The van der Waals surface area contributed by atoms with Crippen LogP contribution in [0.1, 0.15) is 29.2 Å². The number of rotatable bonds is 7. The van der Waals surface area contributed by atoms with Crippen LogP contribution in [0.4, 0.5) is 5.82 Å². The van der Waals surface area contributed by atoms with E-state index in [2.05, 4.69) is 52.9 Å². The summed E-state index contributed by atoms with van der Waals surface area (Å²) in [7, 11) is 0. The van der Waals surface area contributed by atoms with Crippen molar-refractivity contribution in [1.82, 2.24) is 14.5 Å². The lowest BCUT2D eigenvalue weighted by Gasteiger charge is -2.37. The summed E-state index contributed by atoms with van der Waals surface area (Å²) in [5, 5.41) is 11.7. The van der Waals surface area contributed by atoms with E-state index in [0.717, 1.165) is 22.3 Å². The van der Waals surface area contributed by atoms with E-state index in [9.17, 15) is 5.11 Å². The molecule has 0 amide bonds. The van der Waals surface area contributed by atoms with Gasteiger partial charge in [0.1, 0.15) is 16.9 Å². The highest BCUT2D eigenvalue weighted by Crippen LogP contribution is 2.45. The maximum Gasteiger partial charge on any atom is 0.164 e. The standard InChI is InChI=1S/C32H29ClN4O2/c1-21-25(28(38)18-27(21)37-20-35-30-26(33)17-29(34)36-31(30)37)19-39-32(22-11-5-2-6-12-22,23-13-7-3-8-14-23)24-15-9-4-10-16-24/h2-17,20,25,27-28,38H,1,18-19H2,(H2,34,36)/t25-,27-,28-/m0/s1. The van der Waals surface area contributed by atoms with Crippen molar-refractivity contribution >= 4 is 28.6 Å². The Morgan fingerprint density at radius 3 is 2.03 bits per heavy atom. The highest BCUT2D eigenvalue weighted by atomic mass is 35.5. The highest BCUT2D eigenvalue weighted by Gasteiger charge is 2.43. The second-order valence-electron chi connectivity index (χ2n) is 9.94. The van der Waals surface area contributed by atoms with Gasteiger partial charge < -0.3 is 20.1 Å². The predicted octanol–water partition coefficient (Wildman–Crippen LogP) is 6.15. The Kier molecular flexibility index (Phi) is 6.69. The first-order valence-electron chi connectivity index (χ1n) is 12.9. The Morgan fingerprint density at radius 2 is 1.49 bits per heavy atom. The van der Waals surface area contributed by atoms with Gasteiger partial charge in [-0.05, 0) is 28.7 Å². The molecule has 6 nitrogen and oxygen atoms in total. The molecule has 3 N–H and O–H groups in total. The smallest absolute Gasteiger partial charge is 0.164 e. The second kappa shape index (κ2) is 10.3.